The summed E-state index contributed by atoms with van der Waals surface area (Å²) >= 11 is 6.00. The monoisotopic (exact) mass is 336 g/mol. The number of amides is 2. The molecule has 1 aliphatic carbocycles. The van der Waals surface area contributed by atoms with Gasteiger partial charge in [0.15, 0.2) is 0 Å². The maximum Gasteiger partial charge on any atom is 0.317 e. The Morgan fingerprint density at radius 1 is 1.30 bits per heavy atom. The molecule has 0 aromatic heterocycles. The molecule has 6 heteroatoms. The van der Waals surface area contributed by atoms with Gasteiger partial charge in [-0.1, -0.05) is 30.7 Å². The molecular weight excluding hydrogens is 316 g/mol. The first-order chi connectivity index (χ1) is 10.9. The van der Waals surface area contributed by atoms with Gasteiger partial charge >= 0.3 is 12.0 Å². The number of urea groups is 1. The van der Waals surface area contributed by atoms with Gasteiger partial charge < -0.3 is 15.3 Å². The predicted molar refractivity (Wildman–Crippen MR) is 87.6 cm³/mol. The average molecular weight is 337 g/mol. The van der Waals surface area contributed by atoms with Crippen LogP contribution in [0.5, 0.6) is 0 Å². The lowest BCUT2D eigenvalue weighted by Crippen LogP contribution is -2.50. The first-order valence-electron chi connectivity index (χ1n) is 7.97. The number of carbonyl (C=O) groups is 2. The zero-order valence-electron chi connectivity index (χ0n) is 13.0. The van der Waals surface area contributed by atoms with Gasteiger partial charge in [0, 0.05) is 30.1 Å². The van der Waals surface area contributed by atoms with Crippen LogP contribution in [0.2, 0.25) is 5.02 Å². The van der Waals surface area contributed by atoms with Gasteiger partial charge in [0.1, 0.15) is 0 Å². The van der Waals surface area contributed by atoms with Crippen LogP contribution in [-0.4, -0.2) is 41.1 Å². The van der Waals surface area contributed by atoms with E-state index >= 15 is 0 Å². The molecule has 0 bridgehead atoms. The van der Waals surface area contributed by atoms with Gasteiger partial charge in [-0.05, 0) is 36.5 Å². The van der Waals surface area contributed by atoms with Gasteiger partial charge in [-0.3, -0.25) is 4.79 Å². The van der Waals surface area contributed by atoms with E-state index in [0.29, 0.717) is 30.5 Å². The Balaban J connectivity index is 1.57. The lowest BCUT2D eigenvalue weighted by Gasteiger charge is -2.34. The van der Waals surface area contributed by atoms with Gasteiger partial charge in [-0.2, -0.15) is 0 Å². The molecule has 1 heterocycles. The Hall–Kier alpha value is -1.75. The summed E-state index contributed by atoms with van der Waals surface area (Å²) in [5.41, 5.74) is 1.14. The van der Waals surface area contributed by atoms with E-state index in [0.717, 1.165) is 12.0 Å². The van der Waals surface area contributed by atoms with Gasteiger partial charge in [0.25, 0.3) is 0 Å². The Morgan fingerprint density at radius 3 is 2.78 bits per heavy atom. The Bertz CT molecular complexity index is 622. The Labute approximate surface area is 140 Å². The third kappa shape index (κ3) is 3.78. The molecular formula is C17H21ClN2O3. The Kier molecular flexibility index (Phi) is 4.48. The minimum absolute atomic E-state index is 0.112. The summed E-state index contributed by atoms with van der Waals surface area (Å²) in [4.78, 5) is 25.2. The molecule has 2 aliphatic rings. The number of hydrogen-bond donors (Lipinski definition) is 2. The third-order valence-electron chi connectivity index (χ3n) is 4.67. The van der Waals surface area contributed by atoms with Crippen molar-refractivity contribution in [3.63, 3.8) is 0 Å². The number of nitrogens with zero attached hydrogens (tertiary/aromatic N) is 1. The average Bonchev–Trinajstić information content (AvgIpc) is 3.25. The highest BCUT2D eigenvalue weighted by Gasteiger charge is 2.41. The van der Waals surface area contributed by atoms with Crippen LogP contribution in [0.25, 0.3) is 0 Å². The first-order valence-corrected chi connectivity index (χ1v) is 8.35. The maximum atomic E-state index is 12.4. The number of carboxylic acids is 1. The smallest absolute Gasteiger partial charge is 0.317 e. The van der Waals surface area contributed by atoms with Crippen molar-refractivity contribution in [3.8, 4) is 0 Å². The van der Waals surface area contributed by atoms with Gasteiger partial charge in [0.05, 0.1) is 5.92 Å². The molecule has 2 N–H and O–H groups in total. The molecule has 3 rings (SSSR count). The molecule has 4 atom stereocenters. The quantitative estimate of drug-likeness (QED) is 0.891. The van der Waals surface area contributed by atoms with Crippen LogP contribution >= 0.6 is 11.6 Å². The summed E-state index contributed by atoms with van der Waals surface area (Å²) in [6.45, 7) is 2.89. The van der Waals surface area contributed by atoms with Crippen molar-refractivity contribution in [2.45, 2.75) is 31.7 Å². The molecule has 2 fully saturated rings. The Morgan fingerprint density at radius 2 is 2.09 bits per heavy atom. The van der Waals surface area contributed by atoms with E-state index in [1.54, 1.807) is 4.90 Å². The van der Waals surface area contributed by atoms with Crippen LogP contribution in [0.1, 0.15) is 31.2 Å². The number of rotatable bonds is 3. The summed E-state index contributed by atoms with van der Waals surface area (Å²) in [5.74, 6) is -0.779. The molecule has 0 radical (unpaired) electrons. The zero-order valence-corrected chi connectivity index (χ0v) is 13.8. The number of nitrogens with one attached hydrogen (secondary N) is 1. The molecule has 1 aliphatic heterocycles. The lowest BCUT2D eigenvalue weighted by molar-refractivity contribution is -0.143. The zero-order chi connectivity index (χ0) is 16.6. The van der Waals surface area contributed by atoms with Gasteiger partial charge in [-0.25, -0.2) is 4.79 Å². The second-order valence-corrected chi connectivity index (χ2v) is 7.17. The standard InChI is InChI=1S/C17H21ClN2O3/c1-10-5-12(16(21)22)9-20(8-10)17(23)19-15-7-14(15)11-3-2-4-13(18)6-11/h2-4,6,10,12,14-15H,5,7-9H2,1H3,(H,19,23)(H,21,22)/t10?,12?,14-,15+/m0/s1. The van der Waals surface area contributed by atoms with Crippen molar-refractivity contribution in [2.24, 2.45) is 11.8 Å². The van der Waals surface area contributed by atoms with Crippen LogP contribution in [0.3, 0.4) is 0 Å². The second kappa shape index (κ2) is 6.40. The van der Waals surface area contributed by atoms with Crippen molar-refractivity contribution in [2.75, 3.05) is 13.1 Å². The van der Waals surface area contributed by atoms with Crippen LogP contribution in [0, 0.1) is 11.8 Å². The predicted octanol–water partition coefficient (Wildman–Crippen LogP) is 2.95. The molecule has 5 nitrogen and oxygen atoms in total. The fraction of sp³-hybridized carbons (Fsp3) is 0.529. The van der Waals surface area contributed by atoms with E-state index in [1.165, 1.54) is 0 Å². The maximum absolute atomic E-state index is 12.4. The number of piperidine rings is 1. The summed E-state index contributed by atoms with van der Waals surface area (Å²) in [6, 6.07) is 7.66. The first kappa shape index (κ1) is 16.1. The summed E-state index contributed by atoms with van der Waals surface area (Å²) in [6.07, 6.45) is 1.53. The minimum atomic E-state index is -0.822. The van der Waals surface area contributed by atoms with Crippen molar-refractivity contribution in [3.05, 3.63) is 34.9 Å². The van der Waals surface area contributed by atoms with Gasteiger partial charge in [0.2, 0.25) is 0 Å². The number of hydrogen-bond acceptors (Lipinski definition) is 2. The number of likely N-dealkylation sites (tertiary alicyclic amines) is 1. The van der Waals surface area contributed by atoms with Gasteiger partial charge in [-0.15, -0.1) is 0 Å². The molecule has 23 heavy (non-hydrogen) atoms. The molecule has 124 valence electrons. The number of benzene rings is 1. The molecule has 2 amide bonds. The van der Waals surface area contributed by atoms with Crippen molar-refractivity contribution in [1.29, 1.82) is 0 Å². The minimum Gasteiger partial charge on any atom is -0.481 e. The summed E-state index contributed by atoms with van der Waals surface area (Å²) in [5, 5.41) is 12.9. The van der Waals surface area contributed by atoms with Crippen molar-refractivity contribution in [1.82, 2.24) is 10.2 Å². The van der Waals surface area contributed by atoms with Crippen LogP contribution < -0.4 is 5.32 Å². The number of halogens is 1. The highest BCUT2D eigenvalue weighted by molar-refractivity contribution is 6.30. The lowest BCUT2D eigenvalue weighted by atomic mass is 9.91. The highest BCUT2D eigenvalue weighted by atomic mass is 35.5. The van der Waals surface area contributed by atoms with Crippen molar-refractivity contribution >= 4 is 23.6 Å². The van der Waals surface area contributed by atoms with E-state index in [9.17, 15) is 14.7 Å². The van der Waals surface area contributed by atoms with Crippen molar-refractivity contribution < 1.29 is 14.7 Å². The topological polar surface area (TPSA) is 69.6 Å². The molecule has 0 spiro atoms. The largest absolute Gasteiger partial charge is 0.481 e. The fourth-order valence-electron chi connectivity index (χ4n) is 3.41. The normalized spacial score (nSPS) is 29.9. The summed E-state index contributed by atoms with van der Waals surface area (Å²) < 4.78 is 0. The number of aliphatic carboxylic acids is 1. The van der Waals surface area contributed by atoms with Crippen LogP contribution in [0.4, 0.5) is 4.79 Å². The highest BCUT2D eigenvalue weighted by Crippen LogP contribution is 2.41. The SMILES string of the molecule is CC1CC(C(=O)O)CN(C(=O)N[C@@H]2C[C@H]2c2cccc(Cl)c2)C1. The van der Waals surface area contributed by atoms with E-state index in [-0.39, 0.29) is 18.0 Å². The van der Waals surface area contributed by atoms with E-state index < -0.39 is 11.9 Å². The molecule has 1 aromatic carbocycles. The van der Waals surface area contributed by atoms with E-state index in [4.69, 9.17) is 11.6 Å². The van der Waals surface area contributed by atoms with Crippen LogP contribution in [-0.2, 0) is 4.79 Å². The molecule has 1 saturated heterocycles. The molecule has 1 saturated carbocycles. The van der Waals surface area contributed by atoms with E-state index in [2.05, 4.69) is 5.32 Å². The number of carboxylic acid groups (broad SMARTS) is 1. The summed E-state index contributed by atoms with van der Waals surface area (Å²) in [7, 11) is 0. The third-order valence-corrected chi connectivity index (χ3v) is 4.91. The van der Waals surface area contributed by atoms with Crippen LogP contribution in [0.15, 0.2) is 24.3 Å². The second-order valence-electron chi connectivity index (χ2n) is 6.73. The molecule has 1 aromatic rings. The fourth-order valence-corrected chi connectivity index (χ4v) is 3.61. The number of carbonyl (C=O) groups excluding carboxylic acids is 1. The van der Waals surface area contributed by atoms with E-state index in [1.807, 2.05) is 31.2 Å². The molecule has 2 unspecified atom stereocenters.